The van der Waals surface area contributed by atoms with Gasteiger partial charge >= 0.3 is 0 Å². The van der Waals surface area contributed by atoms with Crippen molar-refractivity contribution in [3.8, 4) is 5.69 Å². The molecule has 1 saturated heterocycles. The predicted molar refractivity (Wildman–Crippen MR) is 134 cm³/mol. The van der Waals surface area contributed by atoms with Crippen molar-refractivity contribution in [2.24, 2.45) is 0 Å². The van der Waals surface area contributed by atoms with Gasteiger partial charge in [-0.3, -0.25) is 9.36 Å². The molecule has 168 valence electrons. The van der Waals surface area contributed by atoms with Gasteiger partial charge < -0.3 is 20.9 Å². The lowest BCUT2D eigenvalue weighted by molar-refractivity contribution is 0.313. The molecule has 0 saturated carbocycles. The molecular weight excluding hydrogens is 438 g/mol. The molecule has 0 unspecified atom stereocenters. The molecule has 2 aromatic heterocycles. The van der Waals surface area contributed by atoms with Crippen LogP contribution in [0.3, 0.4) is 0 Å². The van der Waals surface area contributed by atoms with E-state index in [1.165, 1.54) is 10.6 Å². The molecule has 5 rings (SSSR count). The number of nitrogens with zero attached hydrogens (tertiary/aromatic N) is 5. The van der Waals surface area contributed by atoms with Crippen molar-refractivity contribution in [3.63, 3.8) is 0 Å². The normalized spacial score (nSPS) is 14.5. The number of nitrogens with two attached hydrogens (primary N) is 1. The molecule has 1 aliphatic rings. The smallest absolute Gasteiger partial charge is 0.256 e. The van der Waals surface area contributed by atoms with Crippen LogP contribution < -0.4 is 21.5 Å². The third-order valence-corrected chi connectivity index (χ3v) is 6.14. The van der Waals surface area contributed by atoms with Gasteiger partial charge in [-0.15, -0.1) is 0 Å². The van der Waals surface area contributed by atoms with Gasteiger partial charge in [-0.2, -0.15) is 4.98 Å². The van der Waals surface area contributed by atoms with Gasteiger partial charge in [0, 0.05) is 55.2 Å². The molecule has 0 bridgehead atoms. The summed E-state index contributed by atoms with van der Waals surface area (Å²) in [6, 6.07) is 16.3. The van der Waals surface area contributed by atoms with E-state index in [0.29, 0.717) is 33.7 Å². The lowest BCUT2D eigenvalue weighted by Crippen LogP contribution is -2.44. The topological polar surface area (TPSA) is 92.3 Å². The maximum absolute atomic E-state index is 12.7. The number of fused-ring (bicyclic) bond motifs is 1. The van der Waals surface area contributed by atoms with Gasteiger partial charge in [0.2, 0.25) is 5.95 Å². The number of likely N-dealkylation sites (N-methyl/N-ethyl adjacent to an activating group) is 1. The zero-order chi connectivity index (χ0) is 22.9. The molecule has 4 aromatic rings. The number of halogens is 1. The van der Waals surface area contributed by atoms with Crippen molar-refractivity contribution >= 4 is 45.6 Å². The Bertz CT molecular complexity index is 1380. The van der Waals surface area contributed by atoms with Gasteiger partial charge in [-0.25, -0.2) is 4.98 Å². The van der Waals surface area contributed by atoms with Gasteiger partial charge in [-0.1, -0.05) is 17.7 Å². The Morgan fingerprint density at radius 3 is 2.58 bits per heavy atom. The van der Waals surface area contributed by atoms with Crippen LogP contribution in [0.4, 0.5) is 23.0 Å². The molecular formula is C24H24ClN7O. The van der Waals surface area contributed by atoms with Gasteiger partial charge in [0.1, 0.15) is 0 Å². The standard InChI is InChI=1S/C24H24ClN7O/c1-30-9-11-31(12-10-30)18-6-7-21(20(25)14-18)28-24-27-15-16-5-8-22(33)32(23(16)29-24)19-4-2-3-17(26)13-19/h2-8,13-15H,9-12,26H2,1H3,(H,27,28,29). The second-order valence-electron chi connectivity index (χ2n) is 8.15. The maximum atomic E-state index is 12.7. The molecule has 3 heterocycles. The van der Waals surface area contributed by atoms with Crippen LogP contribution in [0.5, 0.6) is 0 Å². The van der Waals surface area contributed by atoms with E-state index in [0.717, 1.165) is 37.3 Å². The molecule has 3 N–H and O–H groups in total. The number of nitrogen functional groups attached to an aromatic ring is 1. The summed E-state index contributed by atoms with van der Waals surface area (Å²) in [5, 5.41) is 4.51. The molecule has 2 aromatic carbocycles. The Hall–Kier alpha value is -3.62. The van der Waals surface area contributed by atoms with Crippen LogP contribution in [-0.4, -0.2) is 52.7 Å². The van der Waals surface area contributed by atoms with Gasteiger partial charge in [0.05, 0.1) is 16.4 Å². The number of anilines is 4. The number of benzene rings is 2. The number of hydrogen-bond acceptors (Lipinski definition) is 7. The third-order valence-electron chi connectivity index (χ3n) is 5.83. The van der Waals surface area contributed by atoms with Crippen LogP contribution in [-0.2, 0) is 0 Å². The first-order valence-electron chi connectivity index (χ1n) is 10.7. The summed E-state index contributed by atoms with van der Waals surface area (Å²) in [6.07, 6.45) is 1.68. The zero-order valence-corrected chi connectivity index (χ0v) is 19.0. The minimum Gasteiger partial charge on any atom is -0.399 e. The molecule has 0 amide bonds. The Morgan fingerprint density at radius 2 is 1.82 bits per heavy atom. The molecule has 0 spiro atoms. The Labute approximate surface area is 196 Å². The predicted octanol–water partition coefficient (Wildman–Crippen LogP) is 3.51. The van der Waals surface area contributed by atoms with Crippen molar-refractivity contribution in [3.05, 3.63) is 76.2 Å². The molecule has 1 aliphatic heterocycles. The summed E-state index contributed by atoms with van der Waals surface area (Å²) in [4.78, 5) is 26.4. The van der Waals surface area contributed by atoms with Crippen molar-refractivity contribution in [2.75, 3.05) is 49.2 Å². The van der Waals surface area contributed by atoms with E-state index >= 15 is 0 Å². The van der Waals surface area contributed by atoms with Gasteiger partial charge in [0.15, 0.2) is 5.65 Å². The number of nitrogens with one attached hydrogen (secondary N) is 1. The summed E-state index contributed by atoms with van der Waals surface area (Å²) < 4.78 is 1.52. The summed E-state index contributed by atoms with van der Waals surface area (Å²) in [5.41, 5.74) is 9.21. The Morgan fingerprint density at radius 1 is 1.00 bits per heavy atom. The lowest BCUT2D eigenvalue weighted by Gasteiger charge is -2.34. The highest BCUT2D eigenvalue weighted by atomic mass is 35.5. The quantitative estimate of drug-likeness (QED) is 0.449. The molecule has 9 heteroatoms. The van der Waals surface area contributed by atoms with Crippen molar-refractivity contribution in [1.29, 1.82) is 0 Å². The Kier molecular flexibility index (Phi) is 5.62. The SMILES string of the molecule is CN1CCN(c2ccc(Nc3ncc4ccc(=O)n(-c5cccc(N)c5)c4n3)c(Cl)c2)CC1. The second-order valence-corrected chi connectivity index (χ2v) is 8.56. The highest BCUT2D eigenvalue weighted by molar-refractivity contribution is 6.33. The average Bonchev–Trinajstić information content (AvgIpc) is 2.81. The molecule has 0 aliphatic carbocycles. The monoisotopic (exact) mass is 461 g/mol. The summed E-state index contributed by atoms with van der Waals surface area (Å²) in [6.45, 7) is 3.98. The highest BCUT2D eigenvalue weighted by Crippen LogP contribution is 2.30. The van der Waals surface area contributed by atoms with Crippen molar-refractivity contribution < 1.29 is 0 Å². The molecule has 8 nitrogen and oxygen atoms in total. The molecule has 1 fully saturated rings. The minimum atomic E-state index is -0.202. The lowest BCUT2D eigenvalue weighted by atomic mass is 10.2. The van der Waals surface area contributed by atoms with E-state index in [9.17, 15) is 4.79 Å². The molecule has 33 heavy (non-hydrogen) atoms. The maximum Gasteiger partial charge on any atom is 0.256 e. The van der Waals surface area contributed by atoms with Crippen LogP contribution in [0.2, 0.25) is 5.02 Å². The summed E-state index contributed by atoms with van der Waals surface area (Å²) in [5.74, 6) is 0.347. The number of hydrogen-bond donors (Lipinski definition) is 2. The largest absolute Gasteiger partial charge is 0.399 e. The van der Waals surface area contributed by atoms with E-state index in [2.05, 4.69) is 32.1 Å². The van der Waals surface area contributed by atoms with Crippen LogP contribution in [0.1, 0.15) is 0 Å². The van der Waals surface area contributed by atoms with Crippen molar-refractivity contribution in [2.45, 2.75) is 0 Å². The van der Waals surface area contributed by atoms with Crippen LogP contribution in [0.15, 0.2) is 65.6 Å². The fourth-order valence-electron chi connectivity index (χ4n) is 3.98. The number of pyridine rings is 1. The minimum absolute atomic E-state index is 0.202. The fourth-order valence-corrected chi connectivity index (χ4v) is 4.20. The van der Waals surface area contributed by atoms with E-state index in [1.54, 1.807) is 30.5 Å². The number of rotatable bonds is 4. The summed E-state index contributed by atoms with van der Waals surface area (Å²) in [7, 11) is 2.13. The van der Waals surface area contributed by atoms with E-state index in [1.807, 2.05) is 24.3 Å². The first kappa shape index (κ1) is 21.2. The van der Waals surface area contributed by atoms with Gasteiger partial charge in [-0.05, 0) is 49.5 Å². The van der Waals surface area contributed by atoms with Crippen molar-refractivity contribution in [1.82, 2.24) is 19.4 Å². The van der Waals surface area contributed by atoms with E-state index < -0.39 is 0 Å². The highest BCUT2D eigenvalue weighted by Gasteiger charge is 2.16. The fraction of sp³-hybridized carbons (Fsp3) is 0.208. The zero-order valence-electron chi connectivity index (χ0n) is 18.2. The van der Waals surface area contributed by atoms with Crippen LogP contribution in [0, 0.1) is 0 Å². The van der Waals surface area contributed by atoms with E-state index in [4.69, 9.17) is 17.3 Å². The van der Waals surface area contributed by atoms with Crippen LogP contribution in [0.25, 0.3) is 16.7 Å². The molecule has 0 atom stereocenters. The second kappa shape index (κ2) is 8.73. The third kappa shape index (κ3) is 4.35. The number of aromatic nitrogens is 3. The first-order valence-corrected chi connectivity index (χ1v) is 11.1. The van der Waals surface area contributed by atoms with Gasteiger partial charge in [0.25, 0.3) is 5.56 Å². The van der Waals surface area contributed by atoms with E-state index in [-0.39, 0.29) is 5.56 Å². The average molecular weight is 462 g/mol. The first-order chi connectivity index (χ1) is 16.0. The number of piperazine rings is 1. The Balaban J connectivity index is 1.47. The van der Waals surface area contributed by atoms with Crippen LogP contribution >= 0.6 is 11.6 Å². The molecule has 0 radical (unpaired) electrons. The summed E-state index contributed by atoms with van der Waals surface area (Å²) >= 11 is 6.59.